The van der Waals surface area contributed by atoms with E-state index < -0.39 is 0 Å². The summed E-state index contributed by atoms with van der Waals surface area (Å²) in [5.74, 6) is 0. The normalized spacial score (nSPS) is 12.7. The van der Waals surface area contributed by atoms with Gasteiger partial charge in [0, 0.05) is 88.4 Å². The molecule has 2 aliphatic carbocycles. The second-order valence-electron chi connectivity index (χ2n) is 35.8. The second kappa shape index (κ2) is 31.8. The molecule has 5 heteroatoms. The lowest BCUT2D eigenvalue weighted by atomic mass is 9.81. The van der Waals surface area contributed by atoms with Crippen LogP contribution in [0.5, 0.6) is 0 Å². The van der Waals surface area contributed by atoms with Crippen molar-refractivity contribution in [1.29, 1.82) is 0 Å². The summed E-state index contributed by atoms with van der Waals surface area (Å²) in [7, 11) is 0. The van der Waals surface area contributed by atoms with Crippen LogP contribution >= 0.6 is 0 Å². The van der Waals surface area contributed by atoms with E-state index in [0.29, 0.717) is 0 Å². The SMILES string of the molecule is CC1(C)c2cc(-c3cccc4c3oc3ccccc34)ccc2-c2ccc(N(c3ccc(-c4ccc(-c5ccccc5)cc4)cc3)c3ccc4c(c3)C(C)(C)c3cc(-c5cccc6c5oc5ccccc56)ccc3-4)cc21.c1ccc(-c2ccc(N(c3ccc(-c4ccccc4)cc3)c3ccc(-c4ccc(-c5ccc6oc7ccc(-c8ccccc8)cc7c6c5)cc4)cc3)cc2)cc1. The summed E-state index contributed by atoms with van der Waals surface area (Å²) in [5, 5.41) is 6.84. The van der Waals surface area contributed by atoms with Crippen LogP contribution in [0.15, 0.2) is 474 Å². The van der Waals surface area contributed by atoms with E-state index in [2.05, 4.69) is 486 Å². The molecular formula is C126H88N2O3. The lowest BCUT2D eigenvalue weighted by Gasteiger charge is -2.30. The third kappa shape index (κ3) is 13.8. The fourth-order valence-electron chi connectivity index (χ4n) is 20.5. The topological polar surface area (TPSA) is 45.9 Å². The lowest BCUT2D eigenvalue weighted by molar-refractivity contribution is 0.659. The Morgan fingerprint density at radius 1 is 0.153 bits per heavy atom. The molecule has 5 nitrogen and oxygen atoms in total. The molecule has 0 aliphatic heterocycles. The van der Waals surface area contributed by atoms with Crippen molar-refractivity contribution < 1.29 is 13.3 Å². The fraction of sp³-hybridized carbons (Fsp3) is 0.0476. The summed E-state index contributed by atoms with van der Waals surface area (Å²) >= 11 is 0. The molecule has 0 amide bonds. The zero-order valence-electron chi connectivity index (χ0n) is 73.0. The standard InChI is InChI=1S/C72H51NO2.C54H37NO/c1-71(2)63-40-48(53-18-12-20-61-59-16-8-10-22-67(59)74-69(53)61)30-36-55(63)57-38-34-51(42-65(57)71)73(50-32-28-47(29-33-50)46-26-24-45(25-27-46)44-14-6-5-7-15-44)52-35-39-58-56-37-31-49(41-64(56)72(3,4)66(58)43-52)54-19-13-21-62-60-17-9-11-23-68(60)75-70(54)62;1-4-10-38(11-5-1)42-20-28-48(29-21-42)55(49-30-22-43(23-31-49)39-12-6-2-7-13-39)50-32-24-44(25-33-50)41-16-18-45(19-17-41)47-27-35-54-52(37-47)51-36-46(26-34-53(51)56-54)40-14-8-3-9-15-40/h5-43H,1-4H3;1-37H. The summed E-state index contributed by atoms with van der Waals surface area (Å²) in [6.07, 6.45) is 0. The summed E-state index contributed by atoms with van der Waals surface area (Å²) in [6, 6.07) is 167. The van der Waals surface area contributed by atoms with Crippen LogP contribution in [-0.2, 0) is 10.8 Å². The largest absolute Gasteiger partial charge is 0.456 e. The van der Waals surface area contributed by atoms with Gasteiger partial charge in [0.25, 0.3) is 0 Å². The minimum absolute atomic E-state index is 0.272. The number of hydrogen-bond donors (Lipinski definition) is 0. The highest BCUT2D eigenvalue weighted by Crippen LogP contribution is 2.56. The van der Waals surface area contributed by atoms with Crippen molar-refractivity contribution in [3.05, 3.63) is 483 Å². The van der Waals surface area contributed by atoms with Crippen molar-refractivity contribution in [3.63, 3.8) is 0 Å². The molecule has 131 heavy (non-hydrogen) atoms. The molecule has 20 aromatic carbocycles. The average Bonchev–Trinajstić information content (AvgIpc) is 1.57. The van der Waals surface area contributed by atoms with Gasteiger partial charge < -0.3 is 23.1 Å². The maximum Gasteiger partial charge on any atom is 0.143 e. The van der Waals surface area contributed by atoms with E-state index in [9.17, 15) is 0 Å². The molecule has 3 aromatic heterocycles. The Morgan fingerprint density at radius 3 is 0.733 bits per heavy atom. The zero-order chi connectivity index (χ0) is 87.4. The van der Waals surface area contributed by atoms with E-state index in [0.717, 1.165) is 122 Å². The maximum absolute atomic E-state index is 6.55. The molecule has 0 radical (unpaired) electrons. The van der Waals surface area contributed by atoms with Gasteiger partial charge in [-0.15, -0.1) is 0 Å². The number of nitrogens with zero attached hydrogens (tertiary/aromatic N) is 2. The number of fused-ring (bicyclic) bond motifs is 15. The van der Waals surface area contributed by atoms with Crippen LogP contribution in [0.4, 0.5) is 34.1 Å². The molecule has 0 atom stereocenters. The van der Waals surface area contributed by atoms with E-state index in [1.807, 2.05) is 12.1 Å². The molecule has 25 rings (SSSR count). The van der Waals surface area contributed by atoms with Crippen molar-refractivity contribution in [3.8, 4) is 122 Å². The highest BCUT2D eigenvalue weighted by atomic mass is 16.3. The Morgan fingerprint density at radius 2 is 0.389 bits per heavy atom. The first-order valence-corrected chi connectivity index (χ1v) is 45.2. The van der Waals surface area contributed by atoms with Gasteiger partial charge in [-0.2, -0.15) is 0 Å². The Bertz CT molecular complexity index is 8010. The summed E-state index contributed by atoms with van der Waals surface area (Å²) < 4.78 is 19.3. The summed E-state index contributed by atoms with van der Waals surface area (Å²) in [5.41, 5.74) is 43.2. The Balaban J connectivity index is 0.000000151. The van der Waals surface area contributed by atoms with Gasteiger partial charge in [-0.25, -0.2) is 0 Å². The van der Waals surface area contributed by atoms with Crippen LogP contribution in [0.3, 0.4) is 0 Å². The second-order valence-corrected chi connectivity index (χ2v) is 35.8. The molecule has 620 valence electrons. The van der Waals surface area contributed by atoms with Gasteiger partial charge in [-0.1, -0.05) is 367 Å². The molecule has 0 unspecified atom stereocenters. The fourth-order valence-corrected chi connectivity index (χ4v) is 20.5. The molecule has 0 fully saturated rings. The van der Waals surface area contributed by atoms with Crippen LogP contribution in [0.1, 0.15) is 49.9 Å². The molecule has 23 aromatic rings. The van der Waals surface area contributed by atoms with Crippen molar-refractivity contribution >= 4 is 99.9 Å². The monoisotopic (exact) mass is 1680 g/mol. The van der Waals surface area contributed by atoms with Gasteiger partial charge in [0.05, 0.1) is 0 Å². The van der Waals surface area contributed by atoms with Crippen LogP contribution < -0.4 is 9.80 Å². The number of furan rings is 3. The first-order valence-electron chi connectivity index (χ1n) is 45.2. The third-order valence-corrected chi connectivity index (χ3v) is 27.4. The van der Waals surface area contributed by atoms with Crippen LogP contribution in [0, 0.1) is 0 Å². The first-order chi connectivity index (χ1) is 64.4. The predicted octanol–water partition coefficient (Wildman–Crippen LogP) is 35.6. The molecule has 0 bridgehead atoms. The van der Waals surface area contributed by atoms with Crippen molar-refractivity contribution in [1.82, 2.24) is 0 Å². The lowest BCUT2D eigenvalue weighted by Crippen LogP contribution is -2.18. The molecule has 2 aliphatic rings. The number of rotatable bonds is 15. The van der Waals surface area contributed by atoms with E-state index in [1.54, 1.807) is 0 Å². The molecule has 3 heterocycles. The maximum atomic E-state index is 6.55. The zero-order valence-corrected chi connectivity index (χ0v) is 73.0. The van der Waals surface area contributed by atoms with Crippen LogP contribution in [0.2, 0.25) is 0 Å². The Hall–Kier alpha value is -16.6. The van der Waals surface area contributed by atoms with Crippen LogP contribution in [-0.4, -0.2) is 0 Å². The highest BCUT2D eigenvalue weighted by molar-refractivity contribution is 6.12. The van der Waals surface area contributed by atoms with Gasteiger partial charge >= 0.3 is 0 Å². The van der Waals surface area contributed by atoms with Gasteiger partial charge in [-0.05, 0) is 255 Å². The van der Waals surface area contributed by atoms with Gasteiger partial charge in [0.15, 0.2) is 0 Å². The Kier molecular flexibility index (Phi) is 18.9. The van der Waals surface area contributed by atoms with E-state index >= 15 is 0 Å². The van der Waals surface area contributed by atoms with Crippen molar-refractivity contribution in [2.24, 2.45) is 0 Å². The molecule has 0 saturated heterocycles. The molecule has 0 saturated carbocycles. The van der Waals surface area contributed by atoms with E-state index in [4.69, 9.17) is 13.3 Å². The summed E-state index contributed by atoms with van der Waals surface area (Å²) in [6.45, 7) is 9.53. The number of para-hydroxylation sites is 4. The van der Waals surface area contributed by atoms with Gasteiger partial charge in [0.1, 0.15) is 33.5 Å². The number of benzene rings is 20. The van der Waals surface area contributed by atoms with Gasteiger partial charge in [-0.3, -0.25) is 0 Å². The van der Waals surface area contributed by atoms with Gasteiger partial charge in [0.2, 0.25) is 0 Å². The third-order valence-electron chi connectivity index (χ3n) is 27.4. The predicted molar refractivity (Wildman–Crippen MR) is 548 cm³/mol. The first kappa shape index (κ1) is 77.9. The average molecular weight is 1680 g/mol. The quantitative estimate of drug-likeness (QED) is 0.102. The molecular weight excluding hydrogens is 1590 g/mol. The van der Waals surface area contributed by atoms with Crippen LogP contribution in [0.25, 0.3) is 188 Å². The van der Waals surface area contributed by atoms with E-state index in [1.165, 1.54) is 122 Å². The molecule has 0 spiro atoms. The van der Waals surface area contributed by atoms with Crippen molar-refractivity contribution in [2.75, 3.05) is 9.80 Å². The Labute approximate surface area is 762 Å². The van der Waals surface area contributed by atoms with Crippen molar-refractivity contribution in [2.45, 2.75) is 38.5 Å². The minimum atomic E-state index is -0.272. The minimum Gasteiger partial charge on any atom is -0.456 e. The smallest absolute Gasteiger partial charge is 0.143 e. The number of hydrogen-bond acceptors (Lipinski definition) is 5. The summed E-state index contributed by atoms with van der Waals surface area (Å²) in [4.78, 5) is 4.79. The molecule has 0 N–H and O–H groups in total. The van der Waals surface area contributed by atoms with E-state index in [-0.39, 0.29) is 10.8 Å². The number of anilines is 6. The highest BCUT2D eigenvalue weighted by Gasteiger charge is 2.39.